The second-order valence-electron chi connectivity index (χ2n) is 4.01. The van der Waals surface area contributed by atoms with Crippen LogP contribution in [0.1, 0.15) is 5.82 Å². The lowest BCUT2D eigenvalue weighted by atomic mass is 10.3. The van der Waals surface area contributed by atoms with Crippen molar-refractivity contribution in [1.82, 2.24) is 15.0 Å². The lowest BCUT2D eigenvalue weighted by Gasteiger charge is -2.01. The number of hydrogen-bond donors (Lipinski definition) is 2. The molecule has 84 valence electrons. The monoisotopic (exact) mass is 223 g/mol. The third-order valence-electron chi connectivity index (χ3n) is 2.70. The minimum atomic E-state index is 0.895. The Balaban J connectivity index is 2.55. The van der Waals surface area contributed by atoms with E-state index in [1.54, 1.807) is 0 Å². The fraction of sp³-hybridized carbons (Fsp3) is 0.0714. The van der Waals surface area contributed by atoms with Gasteiger partial charge in [0, 0.05) is 0 Å². The number of aromatic nitrogens is 3. The first-order chi connectivity index (χ1) is 8.33. The van der Waals surface area contributed by atoms with Gasteiger partial charge in [0.15, 0.2) is 0 Å². The predicted octanol–water partition coefficient (Wildman–Crippen LogP) is 3.48. The normalized spacial score (nSPS) is 10.6. The lowest BCUT2D eigenvalue weighted by Crippen LogP contribution is -1.88. The maximum absolute atomic E-state index is 4.54. The van der Waals surface area contributed by atoms with E-state index in [-0.39, 0.29) is 0 Å². The van der Waals surface area contributed by atoms with Crippen LogP contribution in [0.5, 0.6) is 0 Å². The van der Waals surface area contributed by atoms with Crippen molar-refractivity contribution in [2.75, 3.05) is 0 Å². The van der Waals surface area contributed by atoms with Gasteiger partial charge >= 0.3 is 0 Å². The molecule has 0 aliphatic heterocycles. The minimum absolute atomic E-state index is 0.895. The molecule has 0 aliphatic rings. The van der Waals surface area contributed by atoms with E-state index in [0.29, 0.717) is 0 Å². The fourth-order valence-corrected chi connectivity index (χ4v) is 1.93. The summed E-state index contributed by atoms with van der Waals surface area (Å²) >= 11 is 0. The average molecular weight is 223 g/mol. The second-order valence-corrected chi connectivity index (χ2v) is 4.01. The largest absolute Gasteiger partial charge is 0.352 e. The number of fused-ring (bicyclic) bond motifs is 2. The summed E-state index contributed by atoms with van der Waals surface area (Å²) in [4.78, 5) is 11.2. The van der Waals surface area contributed by atoms with E-state index >= 15 is 0 Å². The third kappa shape index (κ3) is 1.87. The molecule has 0 spiro atoms. The first-order valence-corrected chi connectivity index (χ1v) is 5.60. The standard InChI is InChI=1S/C14H13N3/c1-10-15-11-6-2-4-8-13(11)17-14-9-5-3-7-12(14)16-10/h2-9,17H,1H3,(H,15,16). The number of benzene rings is 2. The van der Waals surface area contributed by atoms with E-state index in [4.69, 9.17) is 0 Å². The van der Waals surface area contributed by atoms with Gasteiger partial charge in [-0.2, -0.15) is 0 Å². The van der Waals surface area contributed by atoms with Crippen LogP contribution >= 0.6 is 0 Å². The van der Waals surface area contributed by atoms with Crippen LogP contribution in [-0.2, 0) is 0 Å². The van der Waals surface area contributed by atoms with Crippen molar-refractivity contribution in [3.8, 4) is 0 Å². The van der Waals surface area contributed by atoms with Crippen molar-refractivity contribution in [2.45, 2.75) is 6.92 Å². The zero-order chi connectivity index (χ0) is 11.7. The first kappa shape index (κ1) is 9.90. The SMILES string of the molecule is Cc1nc2ccccc2[nH]c2ccccc2[nH]1. The molecule has 0 amide bonds. The highest BCUT2D eigenvalue weighted by Crippen LogP contribution is 2.11. The molecule has 0 fully saturated rings. The fourth-order valence-electron chi connectivity index (χ4n) is 1.93. The van der Waals surface area contributed by atoms with Gasteiger partial charge in [-0.15, -0.1) is 0 Å². The van der Waals surface area contributed by atoms with Gasteiger partial charge in [-0.3, -0.25) is 0 Å². The molecule has 0 saturated carbocycles. The van der Waals surface area contributed by atoms with E-state index in [0.717, 1.165) is 27.9 Å². The molecular weight excluding hydrogens is 210 g/mol. The molecule has 0 unspecified atom stereocenters. The molecule has 2 aromatic carbocycles. The quantitative estimate of drug-likeness (QED) is 0.602. The molecule has 3 heteroatoms. The number of aromatic amines is 2. The smallest absolute Gasteiger partial charge is 0.104 e. The number of nitrogens with zero attached hydrogens (tertiary/aromatic N) is 1. The first-order valence-electron chi connectivity index (χ1n) is 5.60. The molecular formula is C14H13N3. The predicted molar refractivity (Wildman–Crippen MR) is 70.3 cm³/mol. The summed E-state index contributed by atoms with van der Waals surface area (Å²) in [6, 6.07) is 16.2. The Hall–Kier alpha value is -2.29. The highest BCUT2D eigenvalue weighted by atomic mass is 14.9. The summed E-state index contributed by atoms with van der Waals surface area (Å²) in [5.74, 6) is 0.895. The van der Waals surface area contributed by atoms with Crippen LogP contribution in [0.2, 0.25) is 0 Å². The molecule has 2 N–H and O–H groups in total. The number of para-hydroxylation sites is 4. The van der Waals surface area contributed by atoms with E-state index < -0.39 is 0 Å². The summed E-state index contributed by atoms with van der Waals surface area (Å²) in [6.45, 7) is 1.97. The Morgan fingerprint density at radius 3 is 2.12 bits per heavy atom. The number of H-pyrrole nitrogens is 2. The number of rotatable bonds is 0. The molecule has 3 aromatic rings. The molecule has 0 aliphatic carbocycles. The van der Waals surface area contributed by atoms with Crippen LogP contribution in [0.3, 0.4) is 0 Å². The van der Waals surface area contributed by atoms with E-state index in [9.17, 15) is 0 Å². The maximum Gasteiger partial charge on any atom is 0.104 e. The Labute approximate surface area is 98.8 Å². The van der Waals surface area contributed by atoms with Gasteiger partial charge in [0.25, 0.3) is 0 Å². The van der Waals surface area contributed by atoms with Crippen molar-refractivity contribution in [3.05, 3.63) is 54.4 Å². The van der Waals surface area contributed by atoms with E-state index in [1.165, 1.54) is 0 Å². The number of nitrogens with one attached hydrogen (secondary N) is 2. The van der Waals surface area contributed by atoms with E-state index in [1.807, 2.05) is 49.4 Å². The minimum Gasteiger partial charge on any atom is -0.352 e. The molecule has 17 heavy (non-hydrogen) atoms. The molecule has 0 atom stereocenters. The van der Waals surface area contributed by atoms with Gasteiger partial charge in [0.1, 0.15) is 5.82 Å². The van der Waals surface area contributed by atoms with Crippen LogP contribution in [0.25, 0.3) is 22.1 Å². The van der Waals surface area contributed by atoms with Crippen molar-refractivity contribution in [1.29, 1.82) is 0 Å². The van der Waals surface area contributed by atoms with Crippen LogP contribution < -0.4 is 0 Å². The number of aryl methyl sites for hydroxylation is 1. The number of hydrogen-bond acceptors (Lipinski definition) is 1. The van der Waals surface area contributed by atoms with Gasteiger partial charge in [-0.1, -0.05) is 24.3 Å². The molecule has 0 saturated heterocycles. The van der Waals surface area contributed by atoms with Crippen LogP contribution in [0.4, 0.5) is 0 Å². The van der Waals surface area contributed by atoms with Crippen molar-refractivity contribution < 1.29 is 0 Å². The molecule has 3 nitrogen and oxygen atoms in total. The Bertz CT molecular complexity index is 661. The second kappa shape index (κ2) is 3.94. The van der Waals surface area contributed by atoms with Crippen LogP contribution in [0, 0.1) is 6.92 Å². The highest BCUT2D eigenvalue weighted by Gasteiger charge is 1.94. The van der Waals surface area contributed by atoms with E-state index in [2.05, 4.69) is 21.0 Å². The highest BCUT2D eigenvalue weighted by molar-refractivity contribution is 5.80. The zero-order valence-electron chi connectivity index (χ0n) is 9.57. The Morgan fingerprint density at radius 1 is 0.765 bits per heavy atom. The summed E-state index contributed by atoms with van der Waals surface area (Å²) in [5.41, 5.74) is 4.09. The van der Waals surface area contributed by atoms with Crippen molar-refractivity contribution in [3.63, 3.8) is 0 Å². The van der Waals surface area contributed by atoms with Crippen LogP contribution in [-0.4, -0.2) is 15.0 Å². The average Bonchev–Trinajstić information content (AvgIpc) is 2.31. The summed E-state index contributed by atoms with van der Waals surface area (Å²) in [6.07, 6.45) is 0. The maximum atomic E-state index is 4.54. The molecule has 0 radical (unpaired) electrons. The van der Waals surface area contributed by atoms with Crippen molar-refractivity contribution in [2.24, 2.45) is 0 Å². The zero-order valence-corrected chi connectivity index (χ0v) is 9.57. The van der Waals surface area contributed by atoms with Gasteiger partial charge in [-0.05, 0) is 31.2 Å². The molecule has 0 bridgehead atoms. The summed E-state index contributed by atoms with van der Waals surface area (Å²) in [5, 5.41) is 0. The van der Waals surface area contributed by atoms with Gasteiger partial charge < -0.3 is 9.97 Å². The third-order valence-corrected chi connectivity index (χ3v) is 2.70. The lowest BCUT2D eigenvalue weighted by molar-refractivity contribution is 1.12. The summed E-state index contributed by atoms with van der Waals surface area (Å²) < 4.78 is 0. The van der Waals surface area contributed by atoms with Crippen LogP contribution in [0.15, 0.2) is 48.5 Å². The Morgan fingerprint density at radius 2 is 1.35 bits per heavy atom. The van der Waals surface area contributed by atoms with Crippen molar-refractivity contribution >= 4 is 22.1 Å². The summed E-state index contributed by atoms with van der Waals surface area (Å²) in [7, 11) is 0. The molecule has 1 heterocycles. The van der Waals surface area contributed by atoms with Gasteiger partial charge in [0.2, 0.25) is 0 Å². The van der Waals surface area contributed by atoms with Gasteiger partial charge in [-0.25, -0.2) is 4.98 Å². The Kier molecular flexibility index (Phi) is 2.29. The molecule has 3 rings (SSSR count). The van der Waals surface area contributed by atoms with Gasteiger partial charge in [0.05, 0.1) is 22.1 Å². The topological polar surface area (TPSA) is 44.5 Å². The molecule has 1 aromatic heterocycles.